The number of carbonyl (C=O) groups is 1. The van der Waals surface area contributed by atoms with E-state index >= 15 is 0 Å². The molecule has 2 aromatic rings. The lowest BCUT2D eigenvalue weighted by molar-refractivity contribution is -0.385. The van der Waals surface area contributed by atoms with Crippen molar-refractivity contribution in [1.82, 2.24) is 0 Å². The van der Waals surface area contributed by atoms with Crippen LogP contribution in [0.25, 0.3) is 0 Å². The van der Waals surface area contributed by atoms with Gasteiger partial charge in [-0.05, 0) is 12.1 Å². The number of methoxy groups -OCH3 is 2. The Morgan fingerprint density at radius 1 is 1.21 bits per heavy atom. The summed E-state index contributed by atoms with van der Waals surface area (Å²) in [7, 11) is 2.78. The Morgan fingerprint density at radius 2 is 1.97 bits per heavy atom. The highest BCUT2D eigenvalue weighted by atomic mass is 19.1. The van der Waals surface area contributed by atoms with Gasteiger partial charge in [0.2, 0.25) is 0 Å². The van der Waals surface area contributed by atoms with Crippen molar-refractivity contribution in [1.29, 1.82) is 5.26 Å². The van der Waals surface area contributed by atoms with Crippen LogP contribution in [-0.4, -0.2) is 38.3 Å². The Kier molecular flexibility index (Phi) is 7.45. The van der Waals surface area contributed by atoms with E-state index in [2.05, 4.69) is 0 Å². The first-order valence-corrected chi connectivity index (χ1v) is 8.25. The van der Waals surface area contributed by atoms with E-state index in [4.69, 9.17) is 24.2 Å². The number of ether oxygens (including phenoxy) is 4. The first-order valence-electron chi connectivity index (χ1n) is 8.25. The smallest absolute Gasteiger partial charge is 0.345 e. The summed E-state index contributed by atoms with van der Waals surface area (Å²) in [5.74, 6) is -1.62. The van der Waals surface area contributed by atoms with Crippen molar-refractivity contribution in [3.63, 3.8) is 0 Å². The summed E-state index contributed by atoms with van der Waals surface area (Å²) in [4.78, 5) is 23.0. The molecule has 0 saturated heterocycles. The highest BCUT2D eigenvalue weighted by molar-refractivity contribution is 5.95. The van der Waals surface area contributed by atoms with Crippen molar-refractivity contribution >= 4 is 11.7 Å². The highest BCUT2D eigenvalue weighted by Gasteiger charge is 2.26. The third-order valence-electron chi connectivity index (χ3n) is 3.78. The number of nitriles is 1. The minimum absolute atomic E-state index is 0.0199. The third kappa shape index (κ3) is 5.40. The topological polar surface area (TPSA) is 121 Å². The number of nitrogens with zero attached hydrogens (tertiary/aromatic N) is 2. The molecule has 0 N–H and O–H groups in total. The van der Waals surface area contributed by atoms with Crippen LogP contribution in [0.3, 0.4) is 0 Å². The molecule has 0 aromatic heterocycles. The van der Waals surface area contributed by atoms with Gasteiger partial charge in [0.1, 0.15) is 24.6 Å². The van der Waals surface area contributed by atoms with Crippen LogP contribution >= 0.6 is 0 Å². The van der Waals surface area contributed by atoms with Gasteiger partial charge in [-0.2, -0.15) is 5.26 Å². The Morgan fingerprint density at radius 3 is 2.55 bits per heavy atom. The number of nitro benzene ring substituents is 1. The molecule has 0 saturated carbocycles. The minimum Gasteiger partial charge on any atom is -0.493 e. The zero-order valence-electron chi connectivity index (χ0n) is 15.6. The lowest BCUT2D eigenvalue weighted by Crippen LogP contribution is -2.11. The highest BCUT2D eigenvalue weighted by Crippen LogP contribution is 2.35. The number of hydrogen-bond donors (Lipinski definition) is 0. The molecule has 0 heterocycles. The van der Waals surface area contributed by atoms with E-state index in [1.807, 2.05) is 0 Å². The average Bonchev–Trinajstić information content (AvgIpc) is 2.72. The lowest BCUT2D eigenvalue weighted by Gasteiger charge is -2.12. The van der Waals surface area contributed by atoms with Gasteiger partial charge in [0.25, 0.3) is 5.69 Å². The molecule has 2 rings (SSSR count). The van der Waals surface area contributed by atoms with Crippen LogP contribution < -0.4 is 9.47 Å². The quantitative estimate of drug-likeness (QED) is 0.271. The zero-order valence-corrected chi connectivity index (χ0v) is 15.6. The van der Waals surface area contributed by atoms with E-state index in [1.54, 1.807) is 6.07 Å². The van der Waals surface area contributed by atoms with Crippen molar-refractivity contribution in [2.75, 3.05) is 27.4 Å². The van der Waals surface area contributed by atoms with E-state index in [0.717, 1.165) is 18.2 Å². The fraction of sp³-hybridized carbons (Fsp3) is 0.263. The van der Waals surface area contributed by atoms with E-state index < -0.39 is 29.0 Å². The molecule has 0 unspecified atom stereocenters. The van der Waals surface area contributed by atoms with Crippen molar-refractivity contribution in [2.45, 2.75) is 6.61 Å². The molecule has 0 amide bonds. The van der Waals surface area contributed by atoms with Gasteiger partial charge in [0.15, 0.2) is 11.5 Å². The van der Waals surface area contributed by atoms with Gasteiger partial charge in [-0.15, -0.1) is 0 Å². The van der Waals surface area contributed by atoms with Crippen molar-refractivity contribution in [3.8, 4) is 17.6 Å². The maximum atomic E-state index is 13.9. The number of esters is 1. The molecule has 0 radical (unpaired) electrons. The molecule has 0 atom stereocenters. The molecule has 0 aliphatic rings. The first kappa shape index (κ1) is 21.6. The van der Waals surface area contributed by atoms with Crippen molar-refractivity contribution < 1.29 is 33.1 Å². The molecule has 0 bridgehead atoms. The molecule has 9 nitrogen and oxygen atoms in total. The summed E-state index contributed by atoms with van der Waals surface area (Å²) < 4.78 is 34.3. The van der Waals surface area contributed by atoms with Gasteiger partial charge in [-0.3, -0.25) is 10.1 Å². The van der Waals surface area contributed by atoms with Crippen molar-refractivity contribution in [3.05, 3.63) is 63.0 Å². The second-order valence-corrected chi connectivity index (χ2v) is 5.61. The number of hydrogen-bond acceptors (Lipinski definition) is 8. The maximum Gasteiger partial charge on any atom is 0.345 e. The normalized spacial score (nSPS) is 10.1. The van der Waals surface area contributed by atoms with Gasteiger partial charge in [-0.25, -0.2) is 9.18 Å². The van der Waals surface area contributed by atoms with Crippen molar-refractivity contribution in [2.24, 2.45) is 0 Å². The monoisotopic (exact) mass is 404 g/mol. The molecular formula is C19H17FN2O7. The summed E-state index contributed by atoms with van der Waals surface area (Å²) in [6.07, 6.45) is 0. The lowest BCUT2D eigenvalue weighted by atomic mass is 10.1. The maximum absolute atomic E-state index is 13.9. The van der Waals surface area contributed by atoms with Gasteiger partial charge >= 0.3 is 5.97 Å². The van der Waals surface area contributed by atoms with Crippen LogP contribution in [0, 0.1) is 27.3 Å². The van der Waals surface area contributed by atoms with Crippen LogP contribution in [0.1, 0.15) is 21.5 Å². The SMILES string of the molecule is COCCOc1cc([N+](=O)[O-])c(C(=O)OCc2ccc(C#N)cc2F)cc1OC. The Bertz CT molecular complexity index is 956. The van der Waals surface area contributed by atoms with E-state index in [0.29, 0.717) is 0 Å². The molecule has 10 heteroatoms. The number of halogens is 1. The number of carbonyl (C=O) groups excluding carboxylic acids is 1. The number of rotatable bonds is 9. The van der Waals surface area contributed by atoms with Gasteiger partial charge in [0.05, 0.1) is 36.3 Å². The second-order valence-electron chi connectivity index (χ2n) is 5.61. The molecule has 152 valence electrons. The summed E-state index contributed by atoms with van der Waals surface area (Å²) in [6, 6.07) is 7.62. The molecule has 0 aliphatic carbocycles. The first-order chi connectivity index (χ1) is 13.9. The average molecular weight is 404 g/mol. The molecule has 0 aliphatic heterocycles. The summed E-state index contributed by atoms with van der Waals surface area (Å²) in [5.41, 5.74) is -0.794. The van der Waals surface area contributed by atoms with Gasteiger partial charge in [-0.1, -0.05) is 6.07 Å². The second kappa shape index (κ2) is 10.0. The molecule has 29 heavy (non-hydrogen) atoms. The fourth-order valence-corrected chi connectivity index (χ4v) is 2.33. The zero-order chi connectivity index (χ0) is 21.4. The summed E-state index contributed by atoms with van der Waals surface area (Å²) >= 11 is 0. The van der Waals surface area contributed by atoms with E-state index in [-0.39, 0.29) is 41.4 Å². The molecule has 2 aromatic carbocycles. The summed E-state index contributed by atoms with van der Waals surface area (Å²) in [6.45, 7) is -0.107. The standard InChI is InChI=1S/C19H17FN2O7/c1-26-5-6-28-18-9-16(22(24)25)14(8-17(18)27-2)19(23)29-11-13-4-3-12(10-21)7-15(13)20/h3-4,7-9H,5-6,11H2,1-2H3. The molecule has 0 spiro atoms. The fourth-order valence-electron chi connectivity index (χ4n) is 2.33. The van der Waals surface area contributed by atoms with Crippen LogP contribution in [0.5, 0.6) is 11.5 Å². The van der Waals surface area contributed by atoms with Crippen LogP contribution in [0.15, 0.2) is 30.3 Å². The predicted molar refractivity (Wildman–Crippen MR) is 97.3 cm³/mol. The summed E-state index contributed by atoms with van der Waals surface area (Å²) in [5, 5.41) is 20.1. The number of benzene rings is 2. The minimum atomic E-state index is -1.04. The van der Waals surface area contributed by atoms with E-state index in [9.17, 15) is 19.3 Å². The van der Waals surface area contributed by atoms with Crippen LogP contribution in [-0.2, 0) is 16.1 Å². The Hall–Kier alpha value is -3.71. The van der Waals surface area contributed by atoms with E-state index in [1.165, 1.54) is 26.4 Å². The number of nitro groups is 1. The Balaban J connectivity index is 2.26. The largest absolute Gasteiger partial charge is 0.493 e. The Labute approximate surface area is 165 Å². The predicted octanol–water partition coefficient (Wildman–Crippen LogP) is 3.00. The van der Waals surface area contributed by atoms with Crippen LogP contribution in [0.4, 0.5) is 10.1 Å². The van der Waals surface area contributed by atoms with Gasteiger partial charge in [0, 0.05) is 18.7 Å². The molecular weight excluding hydrogens is 387 g/mol. The molecule has 0 fully saturated rings. The van der Waals surface area contributed by atoms with Crippen LogP contribution in [0.2, 0.25) is 0 Å². The van der Waals surface area contributed by atoms with Gasteiger partial charge < -0.3 is 18.9 Å². The third-order valence-corrected chi connectivity index (χ3v) is 3.78.